The molecule has 0 aliphatic carbocycles. The standard InChI is InChI=1S/C29H27FN4O4S/c1-3-38-21-14-10-19(11-15-21)31-27(35)17-26-28(36)32-29(39-26)34-25(22-6-4-5-7-23(22)30)16-24(33-34)18-8-12-20(37-2)13-9-18/h4-15,25-26H,3,16-17H2,1-2H3,(H,31,35)/t25-,26+/m0/s1. The molecule has 0 saturated heterocycles. The second-order valence-corrected chi connectivity index (χ2v) is 10.1. The highest BCUT2D eigenvalue weighted by Crippen LogP contribution is 2.39. The minimum Gasteiger partial charge on any atom is -0.497 e. The highest BCUT2D eigenvalue weighted by atomic mass is 32.2. The number of nitrogens with zero attached hydrogens (tertiary/aromatic N) is 3. The van der Waals surface area contributed by atoms with Gasteiger partial charge in [0.2, 0.25) is 5.91 Å². The first-order valence-electron chi connectivity index (χ1n) is 12.5. The van der Waals surface area contributed by atoms with Crippen molar-refractivity contribution in [2.45, 2.75) is 31.1 Å². The summed E-state index contributed by atoms with van der Waals surface area (Å²) < 4.78 is 25.5. The molecule has 0 spiro atoms. The lowest BCUT2D eigenvalue weighted by molar-refractivity contribution is -0.121. The Morgan fingerprint density at radius 2 is 1.79 bits per heavy atom. The van der Waals surface area contributed by atoms with Crippen molar-refractivity contribution in [3.63, 3.8) is 0 Å². The number of carbonyl (C=O) groups is 2. The maximum Gasteiger partial charge on any atom is 0.262 e. The number of aliphatic imine (C=N–C) groups is 1. The number of thioether (sulfide) groups is 1. The highest BCUT2D eigenvalue weighted by molar-refractivity contribution is 8.15. The number of ether oxygens (including phenoxy) is 2. The number of nitrogens with one attached hydrogen (secondary N) is 1. The Morgan fingerprint density at radius 1 is 1.08 bits per heavy atom. The van der Waals surface area contributed by atoms with Gasteiger partial charge in [-0.2, -0.15) is 10.1 Å². The molecule has 0 fully saturated rings. The summed E-state index contributed by atoms with van der Waals surface area (Å²) >= 11 is 1.17. The zero-order valence-corrected chi connectivity index (χ0v) is 22.3. The first-order valence-corrected chi connectivity index (χ1v) is 13.4. The number of amidine groups is 1. The number of anilines is 1. The van der Waals surface area contributed by atoms with Crippen molar-refractivity contribution in [2.75, 3.05) is 19.0 Å². The molecule has 2 heterocycles. The van der Waals surface area contributed by atoms with Crippen LogP contribution in [-0.4, -0.2) is 46.7 Å². The molecule has 8 nitrogen and oxygen atoms in total. The summed E-state index contributed by atoms with van der Waals surface area (Å²) in [6.45, 7) is 2.45. The molecule has 0 aromatic heterocycles. The molecule has 3 aromatic carbocycles. The minimum absolute atomic E-state index is 0.0586. The molecule has 2 aliphatic heterocycles. The molecule has 2 aliphatic rings. The van der Waals surface area contributed by atoms with Gasteiger partial charge in [-0.05, 0) is 67.1 Å². The van der Waals surface area contributed by atoms with Crippen LogP contribution >= 0.6 is 11.8 Å². The van der Waals surface area contributed by atoms with Crippen molar-refractivity contribution in [3.05, 3.63) is 89.7 Å². The molecule has 200 valence electrons. The molecule has 0 saturated carbocycles. The smallest absolute Gasteiger partial charge is 0.262 e. The molecule has 0 radical (unpaired) electrons. The Balaban J connectivity index is 1.32. The van der Waals surface area contributed by atoms with E-state index in [4.69, 9.17) is 14.6 Å². The summed E-state index contributed by atoms with van der Waals surface area (Å²) in [6.07, 6.45) is 0.362. The van der Waals surface area contributed by atoms with Gasteiger partial charge in [-0.25, -0.2) is 9.40 Å². The summed E-state index contributed by atoms with van der Waals surface area (Å²) in [5, 5.41) is 8.81. The van der Waals surface area contributed by atoms with Gasteiger partial charge in [0.15, 0.2) is 5.17 Å². The van der Waals surface area contributed by atoms with Crippen LogP contribution in [0.2, 0.25) is 0 Å². The lowest BCUT2D eigenvalue weighted by Gasteiger charge is -2.23. The molecular weight excluding hydrogens is 519 g/mol. The van der Waals surface area contributed by atoms with Crippen LogP contribution in [-0.2, 0) is 9.59 Å². The quantitative estimate of drug-likeness (QED) is 0.406. The Morgan fingerprint density at radius 3 is 2.49 bits per heavy atom. The molecular formula is C29H27FN4O4S. The molecule has 0 unspecified atom stereocenters. The average molecular weight is 547 g/mol. The Labute approximate surface area is 229 Å². The van der Waals surface area contributed by atoms with E-state index in [2.05, 4.69) is 10.3 Å². The Kier molecular flexibility index (Phi) is 7.92. The van der Waals surface area contributed by atoms with Gasteiger partial charge >= 0.3 is 0 Å². The zero-order chi connectivity index (χ0) is 27.4. The van der Waals surface area contributed by atoms with Crippen LogP contribution in [0.25, 0.3) is 0 Å². The van der Waals surface area contributed by atoms with Crippen molar-refractivity contribution in [1.29, 1.82) is 0 Å². The molecule has 0 bridgehead atoms. The summed E-state index contributed by atoms with van der Waals surface area (Å²) in [5.41, 5.74) is 2.66. The zero-order valence-electron chi connectivity index (χ0n) is 21.5. The van der Waals surface area contributed by atoms with Crippen molar-refractivity contribution < 1.29 is 23.5 Å². The van der Waals surface area contributed by atoms with E-state index in [9.17, 15) is 14.0 Å². The molecule has 2 atom stereocenters. The fourth-order valence-corrected chi connectivity index (χ4v) is 5.48. The average Bonchev–Trinajstić information content (AvgIpc) is 3.54. The molecule has 3 aromatic rings. The van der Waals surface area contributed by atoms with Gasteiger partial charge < -0.3 is 14.8 Å². The van der Waals surface area contributed by atoms with E-state index in [1.54, 1.807) is 54.6 Å². The van der Waals surface area contributed by atoms with Crippen molar-refractivity contribution >= 4 is 40.1 Å². The van der Waals surface area contributed by atoms with Gasteiger partial charge in [-0.15, -0.1) is 0 Å². The van der Waals surface area contributed by atoms with Crippen molar-refractivity contribution in [3.8, 4) is 11.5 Å². The predicted molar refractivity (Wildman–Crippen MR) is 150 cm³/mol. The third-order valence-electron chi connectivity index (χ3n) is 6.34. The number of halogens is 1. The van der Waals surface area contributed by atoms with Crippen LogP contribution in [0.4, 0.5) is 10.1 Å². The second-order valence-electron chi connectivity index (χ2n) is 8.91. The third kappa shape index (κ3) is 5.96. The minimum atomic E-state index is -0.704. The number of rotatable bonds is 8. The number of carbonyl (C=O) groups excluding carboxylic acids is 2. The monoisotopic (exact) mass is 546 g/mol. The molecule has 5 rings (SSSR count). The van der Waals surface area contributed by atoms with E-state index in [-0.39, 0.29) is 18.1 Å². The number of methoxy groups -OCH3 is 1. The number of hydrogen-bond donors (Lipinski definition) is 1. The lowest BCUT2D eigenvalue weighted by atomic mass is 9.98. The normalized spacial score (nSPS) is 18.5. The summed E-state index contributed by atoms with van der Waals surface area (Å²) in [6, 6.07) is 20.5. The van der Waals surface area contributed by atoms with Gasteiger partial charge in [-0.1, -0.05) is 30.0 Å². The largest absolute Gasteiger partial charge is 0.497 e. The topological polar surface area (TPSA) is 92.6 Å². The predicted octanol–water partition coefficient (Wildman–Crippen LogP) is 5.41. The first kappa shape index (κ1) is 26.4. The van der Waals surface area contributed by atoms with E-state index in [1.807, 2.05) is 31.2 Å². The molecule has 10 heteroatoms. The van der Waals surface area contributed by atoms with Crippen LogP contribution in [0.15, 0.2) is 82.9 Å². The maximum atomic E-state index is 14.9. The van der Waals surface area contributed by atoms with Crippen molar-refractivity contribution in [2.24, 2.45) is 10.1 Å². The Bertz CT molecular complexity index is 1430. The van der Waals surface area contributed by atoms with Crippen LogP contribution in [0.5, 0.6) is 11.5 Å². The first-order chi connectivity index (χ1) is 18.9. The number of hydrogen-bond acceptors (Lipinski definition) is 7. The van der Waals surface area contributed by atoms with Crippen molar-refractivity contribution in [1.82, 2.24) is 5.01 Å². The van der Waals surface area contributed by atoms with E-state index in [0.29, 0.717) is 40.9 Å². The van der Waals surface area contributed by atoms with Gasteiger partial charge in [0.1, 0.15) is 22.6 Å². The van der Waals surface area contributed by atoms with Crippen LogP contribution in [0, 0.1) is 5.82 Å². The van der Waals surface area contributed by atoms with Gasteiger partial charge in [-0.3, -0.25) is 9.59 Å². The number of benzene rings is 3. The van der Waals surface area contributed by atoms with Crippen LogP contribution in [0.3, 0.4) is 0 Å². The van der Waals surface area contributed by atoms with Gasteiger partial charge in [0.25, 0.3) is 5.91 Å². The van der Waals surface area contributed by atoms with Gasteiger partial charge in [0.05, 0.1) is 25.5 Å². The van der Waals surface area contributed by atoms with E-state index in [1.165, 1.54) is 17.8 Å². The summed E-state index contributed by atoms with van der Waals surface area (Å²) in [5.74, 6) is 0.334. The fourth-order valence-electron chi connectivity index (χ4n) is 4.42. The Hall–Kier alpha value is -4.18. The maximum absolute atomic E-state index is 14.9. The van der Waals surface area contributed by atoms with Crippen LogP contribution < -0.4 is 14.8 Å². The van der Waals surface area contributed by atoms with E-state index in [0.717, 1.165) is 11.3 Å². The van der Waals surface area contributed by atoms with Crippen LogP contribution in [0.1, 0.15) is 36.9 Å². The third-order valence-corrected chi connectivity index (χ3v) is 7.48. The fraction of sp³-hybridized carbons (Fsp3) is 0.241. The molecule has 1 N–H and O–H groups in total. The second kappa shape index (κ2) is 11.7. The SMILES string of the molecule is CCOc1ccc(NC(=O)C[C@H]2SC(N3N=C(c4ccc(OC)cc4)C[C@H]3c3ccccc3F)=NC2=O)cc1. The number of hydrazone groups is 1. The van der Waals surface area contributed by atoms with E-state index >= 15 is 0 Å². The molecule has 39 heavy (non-hydrogen) atoms. The highest BCUT2D eigenvalue weighted by Gasteiger charge is 2.39. The lowest BCUT2D eigenvalue weighted by Crippen LogP contribution is -2.25. The molecule has 2 amide bonds. The van der Waals surface area contributed by atoms with E-state index < -0.39 is 17.2 Å². The summed E-state index contributed by atoms with van der Waals surface area (Å²) in [7, 11) is 1.60. The number of amides is 2. The summed E-state index contributed by atoms with van der Waals surface area (Å²) in [4.78, 5) is 29.7. The van der Waals surface area contributed by atoms with Gasteiger partial charge in [0, 0.05) is 24.1 Å².